The molecule has 1 aliphatic heterocycles. The zero-order chi connectivity index (χ0) is 21.7. The van der Waals surface area contributed by atoms with Crippen LogP contribution in [0.25, 0.3) is 11.2 Å². The highest BCUT2D eigenvalue weighted by Crippen LogP contribution is 2.33. The first-order valence-electron chi connectivity index (χ1n) is 9.84. The van der Waals surface area contributed by atoms with Crippen LogP contribution < -0.4 is 20.9 Å². The van der Waals surface area contributed by atoms with Crippen molar-refractivity contribution in [2.45, 2.75) is 13.1 Å². The number of anilines is 2. The van der Waals surface area contributed by atoms with Gasteiger partial charge in [-0.05, 0) is 29.8 Å². The number of aryl methyl sites for hydroxylation is 1. The zero-order valence-corrected chi connectivity index (χ0v) is 17.8. The number of fused-ring (bicyclic) bond motifs is 3. The monoisotopic (exact) mass is 437 g/mol. The molecule has 3 heterocycles. The molecule has 2 aromatic carbocycles. The lowest BCUT2D eigenvalue weighted by atomic mass is 10.2. The van der Waals surface area contributed by atoms with Crippen LogP contribution in [0.1, 0.15) is 5.56 Å². The summed E-state index contributed by atoms with van der Waals surface area (Å²) in [6, 6.07) is 14.8. The Labute approximate surface area is 182 Å². The number of hydrogen-bond donors (Lipinski definition) is 0. The van der Waals surface area contributed by atoms with Crippen LogP contribution in [0.2, 0.25) is 5.02 Å². The van der Waals surface area contributed by atoms with Gasteiger partial charge in [-0.15, -0.1) is 0 Å². The Hall–Kier alpha value is -3.52. The van der Waals surface area contributed by atoms with E-state index in [0.717, 1.165) is 17.0 Å². The quantitative estimate of drug-likeness (QED) is 0.491. The van der Waals surface area contributed by atoms with Gasteiger partial charge in [0.15, 0.2) is 11.2 Å². The smallest absolute Gasteiger partial charge is 0.332 e. The molecule has 2 aromatic heterocycles. The minimum Gasteiger partial charge on any atom is -0.497 e. The summed E-state index contributed by atoms with van der Waals surface area (Å²) in [7, 11) is 3.26. The van der Waals surface area contributed by atoms with Crippen LogP contribution >= 0.6 is 11.6 Å². The van der Waals surface area contributed by atoms with Gasteiger partial charge in [0.25, 0.3) is 5.56 Å². The molecule has 0 spiro atoms. The second-order valence-corrected chi connectivity index (χ2v) is 7.89. The third-order valence-electron chi connectivity index (χ3n) is 5.60. The van der Waals surface area contributed by atoms with Gasteiger partial charge >= 0.3 is 5.69 Å². The highest BCUT2D eigenvalue weighted by molar-refractivity contribution is 6.30. The van der Waals surface area contributed by atoms with Crippen molar-refractivity contribution in [3.05, 3.63) is 80.0 Å². The predicted molar refractivity (Wildman–Crippen MR) is 120 cm³/mol. The van der Waals surface area contributed by atoms with Crippen molar-refractivity contribution >= 4 is 34.4 Å². The first-order chi connectivity index (χ1) is 15.0. The number of methoxy groups -OCH3 is 1. The summed E-state index contributed by atoms with van der Waals surface area (Å²) in [5.41, 5.74) is 1.72. The van der Waals surface area contributed by atoms with Crippen LogP contribution in [0.5, 0.6) is 5.75 Å². The molecule has 0 atom stereocenters. The van der Waals surface area contributed by atoms with E-state index in [2.05, 4.69) is 4.98 Å². The number of nitrogens with zero attached hydrogens (tertiary/aromatic N) is 5. The van der Waals surface area contributed by atoms with E-state index in [9.17, 15) is 9.59 Å². The molecule has 0 radical (unpaired) electrons. The molecule has 158 valence electrons. The number of rotatable bonds is 4. The summed E-state index contributed by atoms with van der Waals surface area (Å²) >= 11 is 6.07. The summed E-state index contributed by atoms with van der Waals surface area (Å²) in [5.74, 6) is 1.37. The molecule has 8 nitrogen and oxygen atoms in total. The Balaban J connectivity index is 1.66. The van der Waals surface area contributed by atoms with Crippen molar-refractivity contribution < 1.29 is 4.74 Å². The highest BCUT2D eigenvalue weighted by Gasteiger charge is 2.29. The maximum absolute atomic E-state index is 13.4. The number of ether oxygens (including phenoxy) is 1. The number of benzene rings is 2. The summed E-state index contributed by atoms with van der Waals surface area (Å²) < 4.78 is 9.87. The Bertz CT molecular complexity index is 1440. The largest absolute Gasteiger partial charge is 0.497 e. The fraction of sp³-hybridized carbons (Fsp3) is 0.227. The average molecular weight is 438 g/mol. The first-order valence-corrected chi connectivity index (χ1v) is 10.2. The molecule has 0 saturated carbocycles. The Morgan fingerprint density at radius 3 is 2.68 bits per heavy atom. The third-order valence-corrected chi connectivity index (χ3v) is 5.83. The van der Waals surface area contributed by atoms with Crippen LogP contribution in [-0.2, 0) is 20.1 Å². The molecule has 31 heavy (non-hydrogen) atoms. The van der Waals surface area contributed by atoms with Gasteiger partial charge in [0.1, 0.15) is 5.75 Å². The van der Waals surface area contributed by atoms with Crippen molar-refractivity contribution in [2.75, 3.05) is 18.6 Å². The second kappa shape index (κ2) is 7.31. The van der Waals surface area contributed by atoms with Crippen LogP contribution in [0.3, 0.4) is 0 Å². The number of halogens is 1. The summed E-state index contributed by atoms with van der Waals surface area (Å²) in [6.45, 7) is 1.40. The Morgan fingerprint density at radius 2 is 1.90 bits per heavy atom. The van der Waals surface area contributed by atoms with E-state index in [1.165, 1.54) is 9.13 Å². The maximum Gasteiger partial charge on any atom is 0.332 e. The van der Waals surface area contributed by atoms with E-state index in [0.29, 0.717) is 35.2 Å². The van der Waals surface area contributed by atoms with E-state index >= 15 is 0 Å². The van der Waals surface area contributed by atoms with Gasteiger partial charge in [-0.3, -0.25) is 13.9 Å². The van der Waals surface area contributed by atoms with Crippen molar-refractivity contribution in [2.24, 2.45) is 7.05 Å². The van der Waals surface area contributed by atoms with Gasteiger partial charge in [-0.1, -0.05) is 29.8 Å². The molecular weight excluding hydrogens is 418 g/mol. The van der Waals surface area contributed by atoms with Gasteiger partial charge in [-0.25, -0.2) is 4.79 Å². The molecule has 0 bridgehead atoms. The minimum absolute atomic E-state index is 0.141. The SMILES string of the molecule is COc1cccc(N2CCn3c2nc2c3c(=O)n(Cc3cccc(Cl)c3)c(=O)n2C)c1. The fourth-order valence-electron chi connectivity index (χ4n) is 4.06. The lowest BCUT2D eigenvalue weighted by molar-refractivity contribution is 0.415. The number of imidazole rings is 1. The lowest BCUT2D eigenvalue weighted by Gasteiger charge is -2.16. The molecule has 9 heteroatoms. The molecular formula is C22H20ClN5O3. The molecule has 0 N–H and O–H groups in total. The van der Waals surface area contributed by atoms with Gasteiger partial charge in [-0.2, -0.15) is 4.98 Å². The summed E-state index contributed by atoms with van der Waals surface area (Å²) in [5, 5.41) is 0.558. The van der Waals surface area contributed by atoms with Crippen LogP contribution in [0.4, 0.5) is 11.6 Å². The molecule has 0 amide bonds. The van der Waals surface area contributed by atoms with Crippen LogP contribution in [-0.4, -0.2) is 32.3 Å². The Kier molecular flexibility index (Phi) is 4.59. The van der Waals surface area contributed by atoms with Crippen molar-refractivity contribution in [1.82, 2.24) is 18.7 Å². The molecule has 1 aliphatic rings. The van der Waals surface area contributed by atoms with E-state index < -0.39 is 5.69 Å². The van der Waals surface area contributed by atoms with Crippen molar-refractivity contribution in [3.63, 3.8) is 0 Å². The number of hydrogen-bond acceptors (Lipinski definition) is 5. The minimum atomic E-state index is -0.415. The van der Waals surface area contributed by atoms with Gasteiger partial charge < -0.3 is 14.2 Å². The standard InChI is InChI=1S/C22H20ClN5O3/c1-25-19-18(20(29)28(22(25)30)13-14-5-3-6-15(23)11-14)27-10-9-26(21(27)24-19)16-7-4-8-17(12-16)31-2/h3-8,11-12H,9-10,13H2,1-2H3. The molecule has 5 rings (SSSR count). The average Bonchev–Trinajstić information content (AvgIpc) is 3.35. The third kappa shape index (κ3) is 3.11. The van der Waals surface area contributed by atoms with Crippen molar-refractivity contribution in [1.29, 1.82) is 0 Å². The molecule has 0 unspecified atom stereocenters. The van der Waals surface area contributed by atoms with Gasteiger partial charge in [0, 0.05) is 36.9 Å². The van der Waals surface area contributed by atoms with Crippen LogP contribution in [0.15, 0.2) is 58.1 Å². The molecule has 4 aromatic rings. The van der Waals surface area contributed by atoms with Gasteiger partial charge in [0.2, 0.25) is 5.95 Å². The molecule has 0 aliphatic carbocycles. The lowest BCUT2D eigenvalue weighted by Crippen LogP contribution is -2.40. The van der Waals surface area contributed by atoms with Crippen LogP contribution in [0, 0.1) is 0 Å². The highest BCUT2D eigenvalue weighted by atomic mass is 35.5. The maximum atomic E-state index is 13.4. The van der Waals surface area contributed by atoms with E-state index in [-0.39, 0.29) is 12.1 Å². The zero-order valence-electron chi connectivity index (χ0n) is 17.1. The summed E-state index contributed by atoms with van der Waals surface area (Å²) in [4.78, 5) is 33.0. The molecule has 0 saturated heterocycles. The Morgan fingerprint density at radius 1 is 1.10 bits per heavy atom. The van der Waals surface area contributed by atoms with E-state index in [1.54, 1.807) is 32.4 Å². The van der Waals surface area contributed by atoms with Crippen molar-refractivity contribution in [3.8, 4) is 5.75 Å². The first kappa shape index (κ1) is 19.4. The topological polar surface area (TPSA) is 74.3 Å². The summed E-state index contributed by atoms with van der Waals surface area (Å²) in [6.07, 6.45) is 0. The van der Waals surface area contributed by atoms with E-state index in [4.69, 9.17) is 16.3 Å². The predicted octanol–water partition coefficient (Wildman–Crippen LogP) is 2.76. The number of aromatic nitrogens is 4. The second-order valence-electron chi connectivity index (χ2n) is 7.45. The molecule has 0 fully saturated rings. The fourth-order valence-corrected chi connectivity index (χ4v) is 4.27. The normalized spacial score (nSPS) is 13.1. The van der Waals surface area contributed by atoms with Gasteiger partial charge in [0.05, 0.1) is 13.7 Å². The van der Waals surface area contributed by atoms with E-state index in [1.807, 2.05) is 39.8 Å².